The number of hydrogen-bond donors (Lipinski definition) is 3. The molecular formula is C32H41NO4. The minimum Gasteiger partial charge on any atom is -0.387 e. The summed E-state index contributed by atoms with van der Waals surface area (Å²) in [5, 5.41) is 25.3. The summed E-state index contributed by atoms with van der Waals surface area (Å²) in [6, 6.07) is 6.80. The molecule has 5 nitrogen and oxygen atoms in total. The molecule has 5 aliphatic rings. The number of nitrogens with one attached hydrogen (secondary N) is 1. The zero-order valence-corrected chi connectivity index (χ0v) is 22.9. The molecular weight excluding hydrogens is 462 g/mol. The van der Waals surface area contributed by atoms with Crippen LogP contribution in [0.25, 0.3) is 10.9 Å². The van der Waals surface area contributed by atoms with Gasteiger partial charge in [0.2, 0.25) is 0 Å². The van der Waals surface area contributed by atoms with E-state index >= 15 is 0 Å². The first-order valence-electron chi connectivity index (χ1n) is 14.0. The highest BCUT2D eigenvalue weighted by Crippen LogP contribution is 2.74. The number of aromatic nitrogens is 1. The van der Waals surface area contributed by atoms with E-state index in [1.165, 1.54) is 27.7 Å². The van der Waals surface area contributed by atoms with Crippen LogP contribution in [0.5, 0.6) is 0 Å². The molecule has 1 aromatic carbocycles. The second kappa shape index (κ2) is 6.98. The van der Waals surface area contributed by atoms with Gasteiger partial charge in [-0.1, -0.05) is 52.5 Å². The molecule has 0 radical (unpaired) electrons. The van der Waals surface area contributed by atoms with Crippen LogP contribution >= 0.6 is 0 Å². The fourth-order valence-electron chi connectivity index (χ4n) is 9.37. The van der Waals surface area contributed by atoms with E-state index < -0.39 is 34.9 Å². The van der Waals surface area contributed by atoms with Crippen molar-refractivity contribution < 1.29 is 19.7 Å². The van der Waals surface area contributed by atoms with Crippen molar-refractivity contribution in [2.45, 2.75) is 113 Å². The first-order valence-corrected chi connectivity index (χ1v) is 14.0. The van der Waals surface area contributed by atoms with Gasteiger partial charge in [-0.3, -0.25) is 0 Å². The lowest BCUT2D eigenvalue weighted by Crippen LogP contribution is -2.76. The van der Waals surface area contributed by atoms with Crippen LogP contribution in [0.15, 0.2) is 43.0 Å². The molecule has 3 heterocycles. The van der Waals surface area contributed by atoms with Crippen LogP contribution < -0.4 is 0 Å². The number of H-pyrrole nitrogens is 1. The molecule has 2 aliphatic heterocycles. The van der Waals surface area contributed by atoms with Crippen LogP contribution in [-0.4, -0.2) is 50.8 Å². The quantitative estimate of drug-likeness (QED) is 0.396. The van der Waals surface area contributed by atoms with E-state index in [4.69, 9.17) is 9.47 Å². The van der Waals surface area contributed by atoms with Crippen LogP contribution in [0.1, 0.15) is 77.1 Å². The Morgan fingerprint density at radius 2 is 1.97 bits per heavy atom. The molecule has 3 N–H and O–H groups in total. The van der Waals surface area contributed by atoms with E-state index in [1.54, 1.807) is 0 Å². The van der Waals surface area contributed by atoms with Gasteiger partial charge < -0.3 is 24.7 Å². The van der Waals surface area contributed by atoms with Crippen molar-refractivity contribution in [3.63, 3.8) is 0 Å². The standard InChI is InChI=1S/C32H41NO4/c1-8-28(4,5)18-9-10-20-21-15-19-11-14-31(35)29(6,30(19,7)26(21)33-22(20)16-18)13-12-23-32(31)27(37-32)24(34)25(36-23)17(2)3/h8-10,16,19,23-25,27,33-35H,1-2,11-15H2,3-7H3/t19?,23?,24-,25+,27-,29+,30+,31-,32-/m0/s1. The average molecular weight is 504 g/mol. The Morgan fingerprint density at radius 3 is 2.68 bits per heavy atom. The maximum absolute atomic E-state index is 12.8. The monoisotopic (exact) mass is 503 g/mol. The van der Waals surface area contributed by atoms with E-state index in [0.29, 0.717) is 12.3 Å². The maximum atomic E-state index is 12.8. The highest BCUT2D eigenvalue weighted by atomic mass is 16.7. The summed E-state index contributed by atoms with van der Waals surface area (Å²) in [4.78, 5) is 3.88. The summed E-state index contributed by atoms with van der Waals surface area (Å²) in [5.74, 6) is 0.454. The Kier molecular flexibility index (Phi) is 4.56. The fourth-order valence-corrected chi connectivity index (χ4v) is 9.37. The Bertz CT molecular complexity index is 1360. The first kappa shape index (κ1) is 24.1. The number of epoxide rings is 1. The van der Waals surface area contributed by atoms with Gasteiger partial charge in [0.05, 0.1) is 6.10 Å². The summed E-state index contributed by atoms with van der Waals surface area (Å²) in [7, 11) is 0. The highest BCUT2D eigenvalue weighted by molar-refractivity contribution is 5.87. The van der Waals surface area contributed by atoms with Gasteiger partial charge >= 0.3 is 0 Å². The number of allylic oxidation sites excluding steroid dienone is 1. The van der Waals surface area contributed by atoms with Crippen molar-refractivity contribution in [1.29, 1.82) is 0 Å². The summed E-state index contributed by atoms with van der Waals surface area (Å²) in [6.07, 6.45) is 4.41. The lowest BCUT2D eigenvalue weighted by atomic mass is 9.40. The van der Waals surface area contributed by atoms with Gasteiger partial charge in [-0.05, 0) is 67.7 Å². The minimum absolute atomic E-state index is 0.105. The van der Waals surface area contributed by atoms with E-state index in [9.17, 15) is 10.2 Å². The van der Waals surface area contributed by atoms with E-state index in [2.05, 4.69) is 64.0 Å². The topological polar surface area (TPSA) is 78.0 Å². The summed E-state index contributed by atoms with van der Waals surface area (Å²) in [5.41, 5.74) is 3.20. The lowest BCUT2D eigenvalue weighted by molar-refractivity contribution is -0.265. The molecule has 0 amide bonds. The Morgan fingerprint density at radius 1 is 1.22 bits per heavy atom. The van der Waals surface area contributed by atoms with Crippen LogP contribution in [-0.2, 0) is 26.7 Å². The van der Waals surface area contributed by atoms with Crippen LogP contribution in [0, 0.1) is 11.3 Å². The second-order valence-electron chi connectivity index (χ2n) is 13.8. The third-order valence-corrected chi connectivity index (χ3v) is 12.0. The fraction of sp³-hybridized carbons (Fsp3) is 0.625. The molecule has 2 saturated heterocycles. The Hall–Kier alpha value is -1.92. The highest BCUT2D eigenvalue weighted by Gasteiger charge is 2.86. The van der Waals surface area contributed by atoms with Gasteiger partial charge in [-0.2, -0.15) is 0 Å². The molecule has 2 aromatic rings. The molecule has 5 heteroatoms. The van der Waals surface area contributed by atoms with Crippen molar-refractivity contribution in [2.24, 2.45) is 11.3 Å². The van der Waals surface area contributed by atoms with Crippen LogP contribution in [0.4, 0.5) is 0 Å². The third kappa shape index (κ3) is 2.52. The molecule has 1 spiro atoms. The molecule has 9 atom stereocenters. The number of rotatable bonds is 3. The van der Waals surface area contributed by atoms with Crippen molar-refractivity contribution in [3.8, 4) is 0 Å². The molecule has 7 rings (SSSR count). The zero-order valence-electron chi connectivity index (χ0n) is 22.9. The predicted molar refractivity (Wildman–Crippen MR) is 145 cm³/mol. The van der Waals surface area contributed by atoms with Gasteiger partial charge in [0.25, 0.3) is 0 Å². The number of benzene rings is 1. The molecule has 3 aliphatic carbocycles. The van der Waals surface area contributed by atoms with E-state index in [0.717, 1.165) is 31.3 Å². The molecule has 1 aromatic heterocycles. The second-order valence-corrected chi connectivity index (χ2v) is 13.8. The molecule has 198 valence electrons. The maximum Gasteiger partial charge on any atom is 0.153 e. The molecule has 37 heavy (non-hydrogen) atoms. The normalized spacial score (nSPS) is 45.9. The summed E-state index contributed by atoms with van der Waals surface area (Å²) in [6.45, 7) is 19.0. The average Bonchev–Trinajstić information content (AvgIpc) is 3.44. The van der Waals surface area contributed by atoms with Crippen LogP contribution in [0.3, 0.4) is 0 Å². The van der Waals surface area contributed by atoms with Gasteiger partial charge in [0.1, 0.15) is 23.9 Å². The van der Waals surface area contributed by atoms with Crippen molar-refractivity contribution >= 4 is 10.9 Å². The van der Waals surface area contributed by atoms with Crippen LogP contribution in [0.2, 0.25) is 0 Å². The minimum atomic E-state index is -1.09. The molecule has 2 unspecified atom stereocenters. The Labute approximate surface area is 219 Å². The molecule has 0 bridgehead atoms. The largest absolute Gasteiger partial charge is 0.387 e. The predicted octanol–water partition coefficient (Wildman–Crippen LogP) is 5.23. The van der Waals surface area contributed by atoms with Gasteiger partial charge in [-0.25, -0.2) is 0 Å². The van der Waals surface area contributed by atoms with Gasteiger partial charge in [0.15, 0.2) is 5.60 Å². The van der Waals surface area contributed by atoms with Gasteiger partial charge in [-0.15, -0.1) is 6.58 Å². The number of hydrogen-bond acceptors (Lipinski definition) is 4. The zero-order chi connectivity index (χ0) is 26.3. The third-order valence-electron chi connectivity index (χ3n) is 12.0. The first-order chi connectivity index (χ1) is 17.4. The number of aliphatic hydroxyl groups is 2. The van der Waals surface area contributed by atoms with E-state index in [1.807, 2.05) is 13.0 Å². The number of aromatic amines is 1. The van der Waals surface area contributed by atoms with E-state index in [-0.39, 0.29) is 16.9 Å². The Balaban J connectivity index is 1.35. The smallest absolute Gasteiger partial charge is 0.153 e. The molecule has 2 saturated carbocycles. The van der Waals surface area contributed by atoms with Crippen molar-refractivity contribution in [3.05, 3.63) is 59.8 Å². The summed E-state index contributed by atoms with van der Waals surface area (Å²) < 4.78 is 12.9. The SMILES string of the molecule is C=CC(C)(C)c1ccc2c3c([nH]c2c1)[C@@]1(C)C(CC[C@]2(O)[C@]1(C)CCC1O[C@H](C(=C)C)[C@H](O)[C@@H]4O[C@@]142)C3. The number of ether oxygens (including phenoxy) is 2. The van der Waals surface area contributed by atoms with Crippen molar-refractivity contribution in [2.75, 3.05) is 0 Å². The number of aliphatic hydroxyl groups excluding tert-OH is 1. The molecule has 4 fully saturated rings. The lowest BCUT2D eigenvalue weighted by Gasteiger charge is -2.66. The van der Waals surface area contributed by atoms with Crippen molar-refractivity contribution in [1.82, 2.24) is 4.98 Å². The summed E-state index contributed by atoms with van der Waals surface area (Å²) >= 11 is 0. The number of fused-ring (bicyclic) bond motifs is 7. The van der Waals surface area contributed by atoms with Gasteiger partial charge in [0, 0.05) is 32.8 Å².